The Morgan fingerprint density at radius 1 is 1.00 bits per heavy atom. The van der Waals surface area contributed by atoms with Crippen LogP contribution in [0.1, 0.15) is 5.56 Å². The molecule has 5 nitrogen and oxygen atoms in total. The molecule has 0 aliphatic heterocycles. The van der Waals surface area contributed by atoms with Gasteiger partial charge in [-0.2, -0.15) is 18.3 Å². The minimum Gasteiger partial charge on any atom is -0.437 e. The monoisotopic (exact) mass is 482 g/mol. The minimum absolute atomic E-state index is 0.00393. The van der Waals surface area contributed by atoms with Gasteiger partial charge in [0.1, 0.15) is 12.1 Å². The van der Waals surface area contributed by atoms with Gasteiger partial charge in [0.25, 0.3) is 0 Å². The molecule has 4 aromatic rings. The smallest absolute Gasteiger partial charge is 0.417 e. The fourth-order valence-electron chi connectivity index (χ4n) is 2.95. The van der Waals surface area contributed by atoms with E-state index in [9.17, 15) is 17.6 Å². The van der Waals surface area contributed by atoms with E-state index in [0.717, 1.165) is 12.1 Å². The van der Waals surface area contributed by atoms with Gasteiger partial charge >= 0.3 is 6.18 Å². The van der Waals surface area contributed by atoms with Crippen LogP contribution in [-0.2, 0) is 13.2 Å². The van der Waals surface area contributed by atoms with Gasteiger partial charge in [-0.3, -0.25) is 4.68 Å². The normalized spacial score (nSPS) is 11.6. The fraction of sp³-hybridized carbons (Fsp3) is 0.0952. The maximum absolute atomic E-state index is 14.7. The molecule has 164 valence electrons. The van der Waals surface area contributed by atoms with Crippen LogP contribution in [0.4, 0.5) is 17.6 Å². The van der Waals surface area contributed by atoms with Crippen molar-refractivity contribution >= 4 is 23.2 Å². The summed E-state index contributed by atoms with van der Waals surface area (Å²) in [5.41, 5.74) is -0.331. The van der Waals surface area contributed by atoms with Crippen molar-refractivity contribution in [2.45, 2.75) is 6.18 Å². The number of pyridine rings is 1. The molecule has 4 rings (SSSR count). The molecule has 0 bridgehead atoms. The molecule has 0 saturated carbocycles. The fourth-order valence-corrected chi connectivity index (χ4v) is 3.47. The van der Waals surface area contributed by atoms with Crippen LogP contribution < -0.4 is 4.74 Å². The topological polar surface area (TPSA) is 52.8 Å². The summed E-state index contributed by atoms with van der Waals surface area (Å²) in [6, 6.07) is 9.02. The molecule has 0 aliphatic rings. The van der Waals surface area contributed by atoms with Crippen LogP contribution in [0.3, 0.4) is 0 Å². The Balaban J connectivity index is 1.86. The molecule has 0 aliphatic carbocycles. The number of aryl methyl sites for hydroxylation is 1. The van der Waals surface area contributed by atoms with Crippen molar-refractivity contribution in [1.82, 2.24) is 19.7 Å². The predicted molar refractivity (Wildman–Crippen MR) is 111 cm³/mol. The summed E-state index contributed by atoms with van der Waals surface area (Å²) in [6.07, 6.45) is -2.44. The highest BCUT2D eigenvalue weighted by molar-refractivity contribution is 6.35. The van der Waals surface area contributed by atoms with E-state index in [1.165, 1.54) is 41.3 Å². The number of hydrogen-bond acceptors (Lipinski definition) is 4. The van der Waals surface area contributed by atoms with Crippen LogP contribution in [0.2, 0.25) is 10.0 Å². The molecule has 0 N–H and O–H groups in total. The van der Waals surface area contributed by atoms with E-state index in [1.807, 2.05) is 0 Å². The highest BCUT2D eigenvalue weighted by Gasteiger charge is 2.31. The second kappa shape index (κ2) is 8.40. The Bertz CT molecular complexity index is 1270. The average Bonchev–Trinajstić information content (AvgIpc) is 3.16. The Kier molecular flexibility index (Phi) is 5.79. The Morgan fingerprint density at radius 3 is 2.38 bits per heavy atom. The largest absolute Gasteiger partial charge is 0.437 e. The lowest BCUT2D eigenvalue weighted by Gasteiger charge is -2.16. The van der Waals surface area contributed by atoms with E-state index in [4.69, 9.17) is 27.9 Å². The third-order valence-corrected chi connectivity index (χ3v) is 5.00. The third-order valence-electron chi connectivity index (χ3n) is 4.40. The maximum atomic E-state index is 14.7. The number of aromatic nitrogens is 4. The van der Waals surface area contributed by atoms with Crippen molar-refractivity contribution in [1.29, 1.82) is 0 Å². The second-order valence-corrected chi connectivity index (χ2v) is 7.47. The molecule has 2 aromatic carbocycles. The summed E-state index contributed by atoms with van der Waals surface area (Å²) in [5, 5.41) is 4.32. The summed E-state index contributed by atoms with van der Waals surface area (Å²) in [5.74, 6) is -0.532. The number of halogens is 6. The van der Waals surface area contributed by atoms with E-state index < -0.39 is 17.6 Å². The number of hydrogen-bond donors (Lipinski definition) is 0. The number of ether oxygens (including phenoxy) is 1. The molecule has 0 atom stereocenters. The first-order valence-corrected chi connectivity index (χ1v) is 9.74. The van der Waals surface area contributed by atoms with Gasteiger partial charge in [-0.25, -0.2) is 14.4 Å². The summed E-state index contributed by atoms with van der Waals surface area (Å²) in [6.45, 7) is 0. The van der Waals surface area contributed by atoms with Crippen molar-refractivity contribution in [2.24, 2.45) is 7.05 Å². The highest BCUT2D eigenvalue weighted by atomic mass is 35.5. The van der Waals surface area contributed by atoms with Gasteiger partial charge in [0, 0.05) is 36.0 Å². The van der Waals surface area contributed by atoms with Crippen LogP contribution in [0.5, 0.6) is 11.6 Å². The highest BCUT2D eigenvalue weighted by Crippen LogP contribution is 2.44. The molecule has 32 heavy (non-hydrogen) atoms. The lowest BCUT2D eigenvalue weighted by atomic mass is 10.0. The van der Waals surface area contributed by atoms with E-state index in [2.05, 4.69) is 15.1 Å². The van der Waals surface area contributed by atoms with Crippen molar-refractivity contribution in [3.05, 3.63) is 76.4 Å². The quantitative estimate of drug-likeness (QED) is 0.300. The molecule has 2 aromatic heterocycles. The number of benzene rings is 2. The van der Waals surface area contributed by atoms with Gasteiger partial charge in [0.05, 0.1) is 15.6 Å². The average molecular weight is 483 g/mol. The van der Waals surface area contributed by atoms with Gasteiger partial charge < -0.3 is 4.74 Å². The van der Waals surface area contributed by atoms with Gasteiger partial charge in [-0.15, -0.1) is 0 Å². The van der Waals surface area contributed by atoms with E-state index in [0.29, 0.717) is 17.6 Å². The predicted octanol–water partition coefficient (Wildman–Crippen LogP) is 6.80. The molecular weight excluding hydrogens is 471 g/mol. The summed E-state index contributed by atoms with van der Waals surface area (Å²) in [4.78, 5) is 7.85. The zero-order valence-corrected chi connectivity index (χ0v) is 17.7. The van der Waals surface area contributed by atoms with Crippen LogP contribution in [0.15, 0.2) is 55.0 Å². The lowest BCUT2D eigenvalue weighted by molar-refractivity contribution is -0.137. The standard InChI is InChI=1S/C21H12Cl2F4N4O/c1-31-10-29-20(30-31)11-7-13(18-14(22)3-2-4-16(18)24)19(15(23)8-11)32-17-6-5-12(9-28-17)21(25,26)27/h2-10H,1H3. The molecular formula is C21H12Cl2F4N4O. The summed E-state index contributed by atoms with van der Waals surface area (Å²) >= 11 is 12.7. The molecule has 0 amide bonds. The number of alkyl halides is 3. The van der Waals surface area contributed by atoms with Crippen LogP contribution >= 0.6 is 23.2 Å². The summed E-state index contributed by atoms with van der Waals surface area (Å²) in [7, 11) is 1.68. The first-order chi connectivity index (χ1) is 15.1. The lowest BCUT2D eigenvalue weighted by Crippen LogP contribution is -2.05. The van der Waals surface area contributed by atoms with Crippen molar-refractivity contribution in [3.8, 4) is 34.1 Å². The van der Waals surface area contributed by atoms with Gasteiger partial charge in [0.15, 0.2) is 11.6 Å². The first-order valence-electron chi connectivity index (χ1n) is 8.98. The molecule has 0 radical (unpaired) electrons. The zero-order chi connectivity index (χ0) is 23.0. The van der Waals surface area contributed by atoms with Crippen molar-refractivity contribution in [2.75, 3.05) is 0 Å². The van der Waals surface area contributed by atoms with Crippen molar-refractivity contribution in [3.63, 3.8) is 0 Å². The van der Waals surface area contributed by atoms with Crippen molar-refractivity contribution < 1.29 is 22.3 Å². The Hall–Kier alpha value is -3.17. The van der Waals surface area contributed by atoms with Crippen LogP contribution in [0.25, 0.3) is 22.5 Å². The first kappa shape index (κ1) is 22.0. The Labute approximate surface area is 189 Å². The third kappa shape index (κ3) is 4.39. The molecule has 0 unspecified atom stereocenters. The Morgan fingerprint density at radius 2 is 1.78 bits per heavy atom. The maximum Gasteiger partial charge on any atom is 0.417 e. The van der Waals surface area contributed by atoms with E-state index in [1.54, 1.807) is 7.05 Å². The number of nitrogens with zero attached hydrogens (tertiary/aromatic N) is 4. The van der Waals surface area contributed by atoms with E-state index >= 15 is 0 Å². The van der Waals surface area contributed by atoms with Gasteiger partial charge in [-0.05, 0) is 30.3 Å². The molecule has 0 spiro atoms. The summed E-state index contributed by atoms with van der Waals surface area (Å²) < 4.78 is 60.4. The molecule has 0 saturated heterocycles. The number of rotatable bonds is 4. The minimum atomic E-state index is -4.55. The molecule has 0 fully saturated rings. The van der Waals surface area contributed by atoms with Crippen LogP contribution in [0, 0.1) is 5.82 Å². The SMILES string of the molecule is Cn1cnc(-c2cc(Cl)c(Oc3ccc(C(F)(F)F)cn3)c(-c3c(F)cccc3Cl)c2)n1. The zero-order valence-electron chi connectivity index (χ0n) is 16.2. The van der Waals surface area contributed by atoms with E-state index in [-0.39, 0.29) is 32.8 Å². The molecule has 2 heterocycles. The molecule has 11 heteroatoms. The van der Waals surface area contributed by atoms with Gasteiger partial charge in [-0.1, -0.05) is 29.3 Å². The van der Waals surface area contributed by atoms with Gasteiger partial charge in [0.2, 0.25) is 5.88 Å². The second-order valence-electron chi connectivity index (χ2n) is 6.66. The van der Waals surface area contributed by atoms with Crippen LogP contribution in [-0.4, -0.2) is 19.7 Å².